The van der Waals surface area contributed by atoms with E-state index in [0.717, 1.165) is 5.56 Å². The molecular formula is C22H38O5SSi. The van der Waals surface area contributed by atoms with Crippen LogP contribution in [0.5, 0.6) is 0 Å². The molecule has 0 bridgehead atoms. The molecule has 1 heterocycles. The summed E-state index contributed by atoms with van der Waals surface area (Å²) in [6.07, 6.45) is 0.802. The van der Waals surface area contributed by atoms with E-state index in [2.05, 4.69) is 50.0 Å². The Morgan fingerprint density at radius 2 is 1.86 bits per heavy atom. The Morgan fingerprint density at radius 3 is 2.38 bits per heavy atom. The van der Waals surface area contributed by atoms with Gasteiger partial charge >= 0.3 is 5.97 Å². The average molecular weight is 443 g/mol. The number of Topliss-reactive ketones (excluding diaryl/α,β-unsaturated/α-hetero) is 1. The molecule has 1 atom stereocenters. The summed E-state index contributed by atoms with van der Waals surface area (Å²) < 4.78 is 10.9. The van der Waals surface area contributed by atoms with E-state index in [4.69, 9.17) is 4.43 Å². The molecule has 0 fully saturated rings. The van der Waals surface area contributed by atoms with Gasteiger partial charge in [-0.05, 0) is 53.9 Å². The van der Waals surface area contributed by atoms with Crippen molar-refractivity contribution in [3.63, 3.8) is 0 Å². The Morgan fingerprint density at radius 1 is 1.24 bits per heavy atom. The summed E-state index contributed by atoms with van der Waals surface area (Å²) >= 11 is 1.66. The first-order valence-electron chi connectivity index (χ1n) is 10.2. The minimum absolute atomic E-state index is 0.0407. The van der Waals surface area contributed by atoms with Crippen LogP contribution in [0.2, 0.25) is 18.1 Å². The molecule has 7 heteroatoms. The molecule has 0 spiro atoms. The quantitative estimate of drug-likeness (QED) is 0.293. The Balaban J connectivity index is 2.79. The topological polar surface area (TPSA) is 72.8 Å². The Labute approximate surface area is 180 Å². The van der Waals surface area contributed by atoms with Crippen LogP contribution in [0.1, 0.15) is 64.3 Å². The molecule has 1 N–H and O–H groups in total. The fourth-order valence-electron chi connectivity index (χ4n) is 2.74. The minimum Gasteiger partial charge on any atom is -0.469 e. The second-order valence-corrected chi connectivity index (χ2v) is 15.5. The predicted molar refractivity (Wildman–Crippen MR) is 121 cm³/mol. The lowest BCUT2D eigenvalue weighted by atomic mass is 9.81. The first kappa shape index (κ1) is 26.0. The van der Waals surface area contributed by atoms with Crippen LogP contribution < -0.4 is 0 Å². The number of rotatable bonds is 11. The number of carbonyl (C=O) groups excluding carboxylic acids is 2. The van der Waals surface area contributed by atoms with Gasteiger partial charge in [0.25, 0.3) is 0 Å². The van der Waals surface area contributed by atoms with Crippen LogP contribution in [0.4, 0.5) is 0 Å². The molecule has 0 aliphatic carbocycles. The number of hydrogen-bond donors (Lipinski definition) is 1. The Bertz CT molecular complexity index is 690. The number of ether oxygens (including phenoxy) is 1. The lowest BCUT2D eigenvalue weighted by Gasteiger charge is -2.36. The highest BCUT2D eigenvalue weighted by atomic mass is 32.1. The summed E-state index contributed by atoms with van der Waals surface area (Å²) in [7, 11) is -0.577. The fraction of sp³-hybridized carbons (Fsp3) is 0.727. The number of thiophene rings is 1. The van der Waals surface area contributed by atoms with E-state index in [0.29, 0.717) is 19.4 Å². The third-order valence-electron chi connectivity index (χ3n) is 6.16. The first-order valence-corrected chi connectivity index (χ1v) is 14.0. The van der Waals surface area contributed by atoms with E-state index in [1.807, 2.05) is 13.8 Å². The molecule has 1 rings (SSSR count). The lowest BCUT2D eigenvalue weighted by molar-refractivity contribution is -0.144. The molecule has 29 heavy (non-hydrogen) atoms. The van der Waals surface area contributed by atoms with Crippen LogP contribution in [0.25, 0.3) is 0 Å². The summed E-state index contributed by atoms with van der Waals surface area (Å²) in [5.41, 5.74) is 0.0129. The molecule has 0 aliphatic rings. The van der Waals surface area contributed by atoms with Gasteiger partial charge in [-0.15, -0.1) is 11.3 Å². The van der Waals surface area contributed by atoms with Crippen molar-refractivity contribution < 1.29 is 23.9 Å². The largest absolute Gasteiger partial charge is 0.469 e. The van der Waals surface area contributed by atoms with E-state index in [1.165, 1.54) is 12.0 Å². The van der Waals surface area contributed by atoms with Gasteiger partial charge in [0.1, 0.15) is 12.2 Å². The van der Waals surface area contributed by atoms with Crippen LogP contribution in [0.15, 0.2) is 11.4 Å². The molecule has 5 nitrogen and oxygen atoms in total. The average Bonchev–Trinajstić information content (AvgIpc) is 3.04. The van der Waals surface area contributed by atoms with Gasteiger partial charge in [-0.2, -0.15) is 0 Å². The molecule has 0 aromatic carbocycles. The number of aliphatic hydroxyl groups is 1. The zero-order valence-electron chi connectivity index (χ0n) is 19.3. The highest BCUT2D eigenvalue weighted by Crippen LogP contribution is 2.38. The van der Waals surface area contributed by atoms with E-state index < -0.39 is 19.9 Å². The summed E-state index contributed by atoms with van der Waals surface area (Å²) in [4.78, 5) is 24.7. The van der Waals surface area contributed by atoms with Crippen molar-refractivity contribution in [3.05, 3.63) is 21.9 Å². The van der Waals surface area contributed by atoms with Gasteiger partial charge in [-0.1, -0.05) is 34.6 Å². The van der Waals surface area contributed by atoms with Gasteiger partial charge in [0.15, 0.2) is 8.32 Å². The van der Waals surface area contributed by atoms with Gasteiger partial charge < -0.3 is 14.3 Å². The van der Waals surface area contributed by atoms with Crippen molar-refractivity contribution in [3.8, 4) is 0 Å². The second kappa shape index (κ2) is 10.3. The summed E-state index contributed by atoms with van der Waals surface area (Å²) in [5, 5.41) is 13.3. The fourth-order valence-corrected chi connectivity index (χ4v) is 4.58. The molecule has 0 saturated heterocycles. The summed E-state index contributed by atoms with van der Waals surface area (Å²) in [5.74, 6) is -0.957. The Kier molecular flexibility index (Phi) is 9.27. The maximum Gasteiger partial charge on any atom is 0.313 e. The Hall–Kier alpha value is -1.02. The van der Waals surface area contributed by atoms with Crippen molar-refractivity contribution in [2.24, 2.45) is 5.92 Å². The highest BCUT2D eigenvalue weighted by molar-refractivity contribution is 7.10. The normalized spacial score (nSPS) is 14.7. The third-order valence-corrected chi connectivity index (χ3v) is 11.7. The van der Waals surface area contributed by atoms with E-state index >= 15 is 0 Å². The molecule has 166 valence electrons. The van der Waals surface area contributed by atoms with Crippen molar-refractivity contribution in [2.45, 2.75) is 90.6 Å². The first-order chi connectivity index (χ1) is 13.2. The molecule has 0 saturated carbocycles. The summed E-state index contributed by atoms with van der Waals surface area (Å²) in [6.45, 7) is 15.5. The number of methoxy groups -OCH3 is 1. The van der Waals surface area contributed by atoms with Gasteiger partial charge in [0, 0.05) is 11.3 Å². The number of ketones is 1. The van der Waals surface area contributed by atoms with E-state index in [1.54, 1.807) is 11.3 Å². The number of esters is 1. The molecular weight excluding hydrogens is 404 g/mol. The molecule has 1 aromatic rings. The smallest absolute Gasteiger partial charge is 0.313 e. The monoisotopic (exact) mass is 442 g/mol. The van der Waals surface area contributed by atoms with Crippen LogP contribution in [-0.2, 0) is 31.8 Å². The number of aryl methyl sites for hydroxylation is 1. The maximum atomic E-state index is 12.2. The lowest BCUT2D eigenvalue weighted by Crippen LogP contribution is -2.40. The molecule has 0 radical (unpaired) electrons. The summed E-state index contributed by atoms with van der Waals surface area (Å²) in [6, 6.07) is 2.09. The van der Waals surface area contributed by atoms with Crippen molar-refractivity contribution in [1.82, 2.24) is 0 Å². The van der Waals surface area contributed by atoms with Gasteiger partial charge in [0.2, 0.25) is 0 Å². The van der Waals surface area contributed by atoms with Crippen molar-refractivity contribution in [2.75, 3.05) is 7.11 Å². The molecule has 0 amide bonds. The van der Waals surface area contributed by atoms with Gasteiger partial charge in [-0.25, -0.2) is 0 Å². The maximum absolute atomic E-state index is 12.2. The standard InChI is InChI=1S/C22H38O5SSi/c1-16(2)22(25,14-18(23)13-20(24)26-6)11-9-19-17(10-12-28-19)15-27-29(7,8)21(3,4)5/h10,12,16,25H,9,11,13-15H2,1-8H3. The predicted octanol–water partition coefficient (Wildman–Crippen LogP) is 5.11. The molecule has 1 aromatic heterocycles. The van der Waals surface area contributed by atoms with E-state index in [-0.39, 0.29) is 29.6 Å². The van der Waals surface area contributed by atoms with Crippen molar-refractivity contribution >= 4 is 31.4 Å². The van der Waals surface area contributed by atoms with Crippen LogP contribution in [-0.4, -0.2) is 37.9 Å². The van der Waals surface area contributed by atoms with Crippen LogP contribution in [0, 0.1) is 5.92 Å². The van der Waals surface area contributed by atoms with E-state index in [9.17, 15) is 14.7 Å². The van der Waals surface area contributed by atoms with Gasteiger partial charge in [-0.3, -0.25) is 9.59 Å². The van der Waals surface area contributed by atoms with Crippen LogP contribution >= 0.6 is 11.3 Å². The zero-order chi connectivity index (χ0) is 22.5. The van der Waals surface area contributed by atoms with Crippen molar-refractivity contribution in [1.29, 1.82) is 0 Å². The highest BCUT2D eigenvalue weighted by Gasteiger charge is 2.37. The SMILES string of the molecule is COC(=O)CC(=O)CC(O)(CCc1sccc1CO[Si](C)(C)C(C)(C)C)C(C)C. The molecule has 0 aliphatic heterocycles. The molecule has 1 unspecified atom stereocenters. The minimum atomic E-state index is -1.84. The zero-order valence-corrected chi connectivity index (χ0v) is 21.1. The van der Waals surface area contributed by atoms with Gasteiger partial charge in [0.05, 0.1) is 19.3 Å². The second-order valence-electron chi connectivity index (χ2n) is 9.64. The number of hydrogen-bond acceptors (Lipinski definition) is 6. The van der Waals surface area contributed by atoms with Crippen LogP contribution in [0.3, 0.4) is 0 Å². The third kappa shape index (κ3) is 7.63. The number of carbonyl (C=O) groups is 2.